The van der Waals surface area contributed by atoms with Crippen LogP contribution in [-0.4, -0.2) is 16.8 Å². The number of aromatic nitrogens is 1. The van der Waals surface area contributed by atoms with Gasteiger partial charge in [0.1, 0.15) is 5.82 Å². The maximum Gasteiger partial charge on any atom is 0.255 e. The molecule has 0 aliphatic carbocycles. The molecule has 1 N–H and O–H groups in total. The smallest absolute Gasteiger partial charge is 0.255 e. The number of rotatable bonds is 3. The van der Waals surface area contributed by atoms with Crippen LogP contribution in [0.3, 0.4) is 0 Å². The monoisotopic (exact) mass is 355 g/mol. The third kappa shape index (κ3) is 4.96. The molecule has 2 aromatic carbocycles. The molecule has 4 nitrogen and oxygen atoms in total. The lowest BCUT2D eigenvalue weighted by atomic mass is 10.2. The number of aromatic hydroxyl groups is 1. The summed E-state index contributed by atoms with van der Waals surface area (Å²) in [5.74, 6) is 0.235. The molecule has 3 aromatic rings. The molecule has 0 radical (unpaired) electrons. The Balaban J connectivity index is 0.000000228. The van der Waals surface area contributed by atoms with E-state index in [1.807, 2.05) is 19.9 Å². The molecule has 0 aliphatic rings. The fourth-order valence-corrected chi connectivity index (χ4v) is 2.33. The van der Waals surface area contributed by atoms with Crippen LogP contribution in [0, 0.1) is 12.7 Å². The first kappa shape index (κ1) is 19.2. The largest absolute Gasteiger partial charge is 0.504 e. The summed E-state index contributed by atoms with van der Waals surface area (Å²) in [5.41, 5.74) is 2.63. The van der Waals surface area contributed by atoms with Crippen molar-refractivity contribution in [2.75, 3.05) is 7.11 Å². The molecule has 1 aromatic heterocycles. The zero-order valence-corrected chi connectivity index (χ0v) is 15.1. The number of pyridine rings is 1. The summed E-state index contributed by atoms with van der Waals surface area (Å²) in [6, 6.07) is 14.8. The SMILES string of the molecule is CCc1ccc(F)cc1.COc1cc(-n2ccc(C)cc2=O)ccc1O. The van der Waals surface area contributed by atoms with E-state index in [2.05, 4.69) is 0 Å². The summed E-state index contributed by atoms with van der Waals surface area (Å²) in [4.78, 5) is 11.8. The Kier molecular flexibility index (Phi) is 6.55. The van der Waals surface area contributed by atoms with Gasteiger partial charge in [0.25, 0.3) is 5.56 Å². The zero-order valence-electron chi connectivity index (χ0n) is 15.1. The Bertz CT molecular complexity index is 917. The third-order valence-corrected chi connectivity index (χ3v) is 3.84. The van der Waals surface area contributed by atoms with Gasteiger partial charge in [0, 0.05) is 18.3 Å². The summed E-state index contributed by atoms with van der Waals surface area (Å²) < 4.78 is 18.7. The number of phenols is 1. The third-order valence-electron chi connectivity index (χ3n) is 3.84. The number of nitrogens with zero attached hydrogens (tertiary/aromatic N) is 1. The lowest BCUT2D eigenvalue weighted by molar-refractivity contribution is 0.373. The van der Waals surface area contributed by atoms with Gasteiger partial charge in [0.05, 0.1) is 12.8 Å². The fraction of sp³-hybridized carbons (Fsp3) is 0.190. The standard InChI is InChI=1S/C13H13NO3.C8H9F/c1-9-5-6-14(13(16)7-9)10-3-4-11(15)12(8-10)17-2;1-2-7-3-5-8(9)6-4-7/h3-8,15H,1-2H3;3-6H,2H2,1H3. The van der Waals surface area contributed by atoms with E-state index in [0.29, 0.717) is 11.4 Å². The number of benzene rings is 2. The van der Waals surface area contributed by atoms with Crippen LogP contribution in [0.5, 0.6) is 11.5 Å². The first-order valence-corrected chi connectivity index (χ1v) is 8.25. The highest BCUT2D eigenvalue weighted by Gasteiger charge is 2.05. The molecule has 0 spiro atoms. The number of hydrogen-bond donors (Lipinski definition) is 1. The average molecular weight is 355 g/mol. The van der Waals surface area contributed by atoms with Gasteiger partial charge in [-0.2, -0.15) is 0 Å². The Hall–Kier alpha value is -3.08. The second-order valence-electron chi connectivity index (χ2n) is 5.75. The first-order chi connectivity index (χ1) is 12.4. The minimum Gasteiger partial charge on any atom is -0.504 e. The van der Waals surface area contributed by atoms with Crippen LogP contribution in [0.4, 0.5) is 4.39 Å². The van der Waals surface area contributed by atoms with E-state index in [-0.39, 0.29) is 17.1 Å². The second kappa shape index (κ2) is 8.85. The molecule has 0 aliphatic heterocycles. The second-order valence-corrected chi connectivity index (χ2v) is 5.75. The van der Waals surface area contributed by atoms with Crippen LogP contribution in [0.25, 0.3) is 5.69 Å². The average Bonchev–Trinajstić information content (AvgIpc) is 2.64. The van der Waals surface area contributed by atoms with Gasteiger partial charge in [0.2, 0.25) is 0 Å². The lowest BCUT2D eigenvalue weighted by Gasteiger charge is -2.09. The number of aryl methyl sites for hydroxylation is 2. The zero-order chi connectivity index (χ0) is 19.1. The molecule has 0 bridgehead atoms. The molecule has 1 heterocycles. The van der Waals surface area contributed by atoms with Gasteiger partial charge in [-0.1, -0.05) is 19.1 Å². The van der Waals surface area contributed by atoms with Crippen molar-refractivity contribution < 1.29 is 14.2 Å². The van der Waals surface area contributed by atoms with Crippen LogP contribution < -0.4 is 10.3 Å². The molecule has 3 rings (SSSR count). The number of halogens is 1. The predicted octanol–water partition coefficient (Wildman–Crippen LogP) is 4.25. The van der Waals surface area contributed by atoms with E-state index in [4.69, 9.17) is 4.74 Å². The Morgan fingerprint density at radius 3 is 2.35 bits per heavy atom. The topological polar surface area (TPSA) is 51.5 Å². The number of ether oxygens (including phenoxy) is 1. The summed E-state index contributed by atoms with van der Waals surface area (Å²) in [7, 11) is 1.47. The van der Waals surface area contributed by atoms with Gasteiger partial charge in [-0.25, -0.2) is 4.39 Å². The van der Waals surface area contributed by atoms with Gasteiger partial charge < -0.3 is 9.84 Å². The van der Waals surface area contributed by atoms with Crippen LogP contribution >= 0.6 is 0 Å². The van der Waals surface area contributed by atoms with Crippen molar-refractivity contribution in [3.8, 4) is 17.2 Å². The molecule has 0 fully saturated rings. The van der Waals surface area contributed by atoms with E-state index in [0.717, 1.165) is 12.0 Å². The number of phenolic OH excluding ortho intramolecular Hbond substituents is 1. The van der Waals surface area contributed by atoms with Crippen LogP contribution in [0.2, 0.25) is 0 Å². The fourth-order valence-electron chi connectivity index (χ4n) is 2.33. The van der Waals surface area contributed by atoms with Gasteiger partial charge >= 0.3 is 0 Å². The normalized spacial score (nSPS) is 10.0. The molecular formula is C21H22FNO3. The van der Waals surface area contributed by atoms with Crippen molar-refractivity contribution in [3.05, 3.63) is 88.1 Å². The summed E-state index contributed by atoms with van der Waals surface area (Å²) in [5, 5.41) is 9.48. The van der Waals surface area contributed by atoms with E-state index in [1.165, 1.54) is 35.4 Å². The summed E-state index contributed by atoms with van der Waals surface area (Å²) >= 11 is 0. The number of methoxy groups -OCH3 is 1. The van der Waals surface area contributed by atoms with Crippen molar-refractivity contribution in [1.29, 1.82) is 0 Å². The minimum atomic E-state index is -0.160. The molecule has 0 atom stereocenters. The molecule has 0 unspecified atom stereocenters. The highest BCUT2D eigenvalue weighted by molar-refractivity contribution is 5.48. The van der Waals surface area contributed by atoms with Crippen molar-refractivity contribution >= 4 is 0 Å². The molecule has 136 valence electrons. The quantitative estimate of drug-likeness (QED) is 0.764. The molecular weight excluding hydrogens is 333 g/mol. The van der Waals surface area contributed by atoms with Crippen molar-refractivity contribution in [2.45, 2.75) is 20.3 Å². The van der Waals surface area contributed by atoms with Gasteiger partial charge in [-0.3, -0.25) is 9.36 Å². The van der Waals surface area contributed by atoms with E-state index in [1.54, 1.807) is 36.5 Å². The molecule has 0 saturated carbocycles. The highest BCUT2D eigenvalue weighted by Crippen LogP contribution is 2.27. The van der Waals surface area contributed by atoms with Crippen molar-refractivity contribution in [3.63, 3.8) is 0 Å². The van der Waals surface area contributed by atoms with Crippen LogP contribution in [-0.2, 0) is 6.42 Å². The maximum absolute atomic E-state index is 12.2. The summed E-state index contributed by atoms with van der Waals surface area (Å²) in [6.45, 7) is 3.91. The predicted molar refractivity (Wildman–Crippen MR) is 101 cm³/mol. The number of hydrogen-bond acceptors (Lipinski definition) is 3. The van der Waals surface area contributed by atoms with Gasteiger partial charge in [-0.15, -0.1) is 0 Å². The molecule has 0 amide bonds. The van der Waals surface area contributed by atoms with Crippen LogP contribution in [0.15, 0.2) is 65.6 Å². The highest BCUT2D eigenvalue weighted by atomic mass is 19.1. The first-order valence-electron chi connectivity index (χ1n) is 8.25. The molecule has 0 saturated heterocycles. The Labute approximate surface area is 152 Å². The van der Waals surface area contributed by atoms with Gasteiger partial charge in [0.15, 0.2) is 11.5 Å². The maximum atomic E-state index is 12.2. The Morgan fingerprint density at radius 1 is 1.08 bits per heavy atom. The van der Waals surface area contributed by atoms with Crippen LogP contribution in [0.1, 0.15) is 18.1 Å². The summed E-state index contributed by atoms with van der Waals surface area (Å²) in [6.07, 6.45) is 2.67. The van der Waals surface area contributed by atoms with E-state index >= 15 is 0 Å². The Morgan fingerprint density at radius 2 is 1.77 bits per heavy atom. The van der Waals surface area contributed by atoms with E-state index < -0.39 is 0 Å². The molecule has 5 heteroatoms. The van der Waals surface area contributed by atoms with Gasteiger partial charge in [-0.05, 0) is 54.8 Å². The molecule has 26 heavy (non-hydrogen) atoms. The van der Waals surface area contributed by atoms with Crippen molar-refractivity contribution in [1.82, 2.24) is 4.57 Å². The minimum absolute atomic E-state index is 0.0522. The lowest BCUT2D eigenvalue weighted by Crippen LogP contribution is -2.16. The van der Waals surface area contributed by atoms with Crippen molar-refractivity contribution in [2.24, 2.45) is 0 Å². The van der Waals surface area contributed by atoms with E-state index in [9.17, 15) is 14.3 Å².